The van der Waals surface area contributed by atoms with Crippen molar-refractivity contribution in [2.75, 3.05) is 0 Å². The summed E-state index contributed by atoms with van der Waals surface area (Å²) in [5.74, 6) is 0.0346. The Hall–Kier alpha value is -0.530. The van der Waals surface area contributed by atoms with E-state index in [1.165, 1.54) is 0 Å². The minimum absolute atomic E-state index is 0.0334. The summed E-state index contributed by atoms with van der Waals surface area (Å²) in [4.78, 5) is 11.1. The highest BCUT2D eigenvalue weighted by Crippen LogP contribution is 2.45. The van der Waals surface area contributed by atoms with Crippen molar-refractivity contribution in [2.24, 2.45) is 10.8 Å². The summed E-state index contributed by atoms with van der Waals surface area (Å²) in [6.45, 7) is 16.7. The summed E-state index contributed by atoms with van der Waals surface area (Å²) in [6.07, 6.45) is 0. The first-order valence-corrected chi connectivity index (χ1v) is 5.20. The maximum Gasteiger partial charge on any atom is 0.217 e. The molecular formula is C12H25NO. The molecule has 0 aliphatic rings. The minimum atomic E-state index is -0.197. The summed E-state index contributed by atoms with van der Waals surface area (Å²) in [6, 6.07) is 0. The molecule has 0 aliphatic carbocycles. The molecule has 2 heteroatoms. The van der Waals surface area contributed by atoms with Gasteiger partial charge in [-0.15, -0.1) is 0 Å². The zero-order valence-corrected chi connectivity index (χ0v) is 10.9. The van der Waals surface area contributed by atoms with Gasteiger partial charge in [0.1, 0.15) is 0 Å². The van der Waals surface area contributed by atoms with E-state index in [2.05, 4.69) is 53.8 Å². The van der Waals surface area contributed by atoms with Gasteiger partial charge in [-0.25, -0.2) is 0 Å². The van der Waals surface area contributed by atoms with E-state index >= 15 is 0 Å². The van der Waals surface area contributed by atoms with Gasteiger partial charge in [0.25, 0.3) is 0 Å². The molecule has 84 valence electrons. The molecule has 0 spiro atoms. The van der Waals surface area contributed by atoms with Crippen LogP contribution in [0, 0.1) is 10.8 Å². The molecule has 1 amide bonds. The average molecular weight is 199 g/mol. The zero-order chi connectivity index (χ0) is 11.8. The molecule has 2 nitrogen and oxygen atoms in total. The normalized spacial score (nSPS) is 14.0. The van der Waals surface area contributed by atoms with Gasteiger partial charge in [0.2, 0.25) is 5.91 Å². The van der Waals surface area contributed by atoms with Crippen LogP contribution in [-0.4, -0.2) is 11.4 Å². The molecule has 0 unspecified atom stereocenters. The smallest absolute Gasteiger partial charge is 0.217 e. The van der Waals surface area contributed by atoms with Crippen LogP contribution in [-0.2, 0) is 4.79 Å². The number of carbonyl (C=O) groups excluding carboxylic acids is 1. The van der Waals surface area contributed by atoms with Gasteiger partial charge in [0, 0.05) is 12.5 Å². The van der Waals surface area contributed by atoms with Gasteiger partial charge in [0.15, 0.2) is 0 Å². The second-order valence-corrected chi connectivity index (χ2v) is 6.18. The van der Waals surface area contributed by atoms with Crippen LogP contribution in [0.25, 0.3) is 0 Å². The second kappa shape index (κ2) is 3.56. The van der Waals surface area contributed by atoms with Crippen LogP contribution in [0.1, 0.15) is 55.4 Å². The third kappa shape index (κ3) is 2.49. The Morgan fingerprint density at radius 2 is 1.29 bits per heavy atom. The molecule has 0 aromatic heterocycles. The molecule has 0 aliphatic heterocycles. The van der Waals surface area contributed by atoms with Crippen LogP contribution in [0.3, 0.4) is 0 Å². The molecule has 14 heavy (non-hydrogen) atoms. The number of rotatable bonds is 2. The molecule has 0 atom stereocenters. The first-order valence-electron chi connectivity index (χ1n) is 5.20. The predicted octanol–water partition coefficient (Wildman–Crippen LogP) is 2.97. The zero-order valence-electron chi connectivity index (χ0n) is 10.9. The number of hydrogen-bond acceptors (Lipinski definition) is 1. The summed E-state index contributed by atoms with van der Waals surface area (Å²) in [5.41, 5.74) is -0.0122. The molecule has 0 aromatic carbocycles. The number of nitrogens with one attached hydrogen (secondary N) is 1. The van der Waals surface area contributed by atoms with Gasteiger partial charge in [-0.1, -0.05) is 34.6 Å². The van der Waals surface area contributed by atoms with Crippen molar-refractivity contribution < 1.29 is 4.79 Å². The van der Waals surface area contributed by atoms with Gasteiger partial charge in [-0.05, 0) is 24.7 Å². The van der Waals surface area contributed by atoms with E-state index in [1.807, 2.05) is 0 Å². The average Bonchev–Trinajstić information content (AvgIpc) is 1.80. The van der Waals surface area contributed by atoms with Crippen LogP contribution in [0.4, 0.5) is 0 Å². The molecule has 0 radical (unpaired) electrons. The molecule has 0 fully saturated rings. The Morgan fingerprint density at radius 1 is 0.929 bits per heavy atom. The van der Waals surface area contributed by atoms with E-state index in [-0.39, 0.29) is 22.3 Å². The summed E-state index contributed by atoms with van der Waals surface area (Å²) in [7, 11) is 0. The van der Waals surface area contributed by atoms with Gasteiger partial charge in [0.05, 0.1) is 0 Å². The first kappa shape index (κ1) is 13.5. The van der Waals surface area contributed by atoms with Crippen LogP contribution in [0.15, 0.2) is 0 Å². The van der Waals surface area contributed by atoms with Crippen LogP contribution in [0.2, 0.25) is 0 Å². The fourth-order valence-corrected chi connectivity index (χ4v) is 1.53. The summed E-state index contributed by atoms with van der Waals surface area (Å²) >= 11 is 0. The monoisotopic (exact) mass is 199 g/mol. The Labute approximate surface area is 88.5 Å². The first-order chi connectivity index (χ1) is 5.92. The van der Waals surface area contributed by atoms with Crippen LogP contribution >= 0.6 is 0 Å². The summed E-state index contributed by atoms with van der Waals surface area (Å²) in [5, 5.41) is 3.03. The van der Waals surface area contributed by atoms with Crippen molar-refractivity contribution >= 4 is 5.91 Å². The molecule has 0 rings (SSSR count). The van der Waals surface area contributed by atoms with E-state index in [4.69, 9.17) is 0 Å². The third-order valence-electron chi connectivity index (χ3n) is 3.93. The molecule has 0 saturated carbocycles. The predicted molar refractivity (Wildman–Crippen MR) is 61.1 cm³/mol. The van der Waals surface area contributed by atoms with Crippen molar-refractivity contribution in [1.29, 1.82) is 0 Å². The Bertz CT molecular complexity index is 221. The fourth-order valence-electron chi connectivity index (χ4n) is 1.53. The maximum atomic E-state index is 11.1. The number of carbonyl (C=O) groups is 1. The number of amides is 1. The molecular weight excluding hydrogens is 174 g/mol. The SMILES string of the molecule is CC(=O)NC(C)(C)C(C)(C)C(C)(C)C. The minimum Gasteiger partial charge on any atom is -0.351 e. The van der Waals surface area contributed by atoms with Crippen molar-refractivity contribution in [3.8, 4) is 0 Å². The van der Waals surface area contributed by atoms with Crippen molar-refractivity contribution in [3.05, 3.63) is 0 Å². The largest absolute Gasteiger partial charge is 0.351 e. The molecule has 1 N–H and O–H groups in total. The summed E-state index contributed by atoms with van der Waals surface area (Å²) < 4.78 is 0. The lowest BCUT2D eigenvalue weighted by atomic mass is 9.59. The highest BCUT2D eigenvalue weighted by atomic mass is 16.1. The Kier molecular flexibility index (Phi) is 3.42. The van der Waals surface area contributed by atoms with Gasteiger partial charge in [-0.3, -0.25) is 4.79 Å². The number of hydrogen-bond donors (Lipinski definition) is 1. The van der Waals surface area contributed by atoms with E-state index in [0.29, 0.717) is 0 Å². The standard InChI is InChI=1S/C12H25NO/c1-9(14)13-12(7,8)11(5,6)10(2,3)4/h1-8H3,(H,13,14). The molecule has 0 saturated heterocycles. The van der Waals surface area contributed by atoms with Gasteiger partial charge >= 0.3 is 0 Å². The highest BCUT2D eigenvalue weighted by Gasteiger charge is 2.45. The van der Waals surface area contributed by atoms with E-state index < -0.39 is 0 Å². The van der Waals surface area contributed by atoms with Crippen molar-refractivity contribution in [3.63, 3.8) is 0 Å². The quantitative estimate of drug-likeness (QED) is 0.728. The lowest BCUT2D eigenvalue weighted by Crippen LogP contribution is -2.58. The Morgan fingerprint density at radius 3 is 1.50 bits per heavy atom. The van der Waals surface area contributed by atoms with Crippen LogP contribution < -0.4 is 5.32 Å². The van der Waals surface area contributed by atoms with Crippen LogP contribution in [0.5, 0.6) is 0 Å². The topological polar surface area (TPSA) is 29.1 Å². The van der Waals surface area contributed by atoms with Crippen molar-refractivity contribution in [1.82, 2.24) is 5.32 Å². The lowest BCUT2D eigenvalue weighted by molar-refractivity contribution is -0.123. The van der Waals surface area contributed by atoms with Crippen molar-refractivity contribution in [2.45, 2.75) is 60.9 Å². The van der Waals surface area contributed by atoms with E-state index in [1.54, 1.807) is 6.92 Å². The molecule has 0 heterocycles. The maximum absolute atomic E-state index is 11.1. The van der Waals surface area contributed by atoms with Gasteiger partial charge < -0.3 is 5.32 Å². The van der Waals surface area contributed by atoms with E-state index in [9.17, 15) is 4.79 Å². The third-order valence-corrected chi connectivity index (χ3v) is 3.93. The lowest BCUT2D eigenvalue weighted by Gasteiger charge is -2.50. The molecule has 0 aromatic rings. The molecule has 0 bridgehead atoms. The van der Waals surface area contributed by atoms with Gasteiger partial charge in [-0.2, -0.15) is 0 Å². The second-order valence-electron chi connectivity index (χ2n) is 6.18. The highest BCUT2D eigenvalue weighted by molar-refractivity contribution is 5.73. The Balaban J connectivity index is 4.97. The van der Waals surface area contributed by atoms with E-state index in [0.717, 1.165) is 0 Å². The fraction of sp³-hybridized carbons (Fsp3) is 0.917.